The molecule has 2 aromatic carbocycles. The predicted molar refractivity (Wildman–Crippen MR) is 135 cm³/mol. The fourth-order valence-electron chi connectivity index (χ4n) is 3.56. The molecule has 4 rings (SSSR count). The number of hydrogen-bond donors (Lipinski definition) is 2. The quantitative estimate of drug-likeness (QED) is 0.165. The molecule has 0 unspecified atom stereocenters. The number of amides is 2. The van der Waals surface area contributed by atoms with E-state index in [1.54, 1.807) is 48.5 Å². The third kappa shape index (κ3) is 5.78. The van der Waals surface area contributed by atoms with Crippen molar-refractivity contribution in [2.75, 3.05) is 12.4 Å². The average molecular weight is 526 g/mol. The lowest BCUT2D eigenvalue weighted by molar-refractivity contribution is -0.136. The molecule has 1 aliphatic carbocycles. The maximum absolute atomic E-state index is 12.3. The lowest BCUT2D eigenvalue weighted by Crippen LogP contribution is -2.32. The summed E-state index contributed by atoms with van der Waals surface area (Å²) in [4.78, 5) is 49.9. The Morgan fingerprint density at radius 3 is 2.39 bits per heavy atom. The summed E-state index contributed by atoms with van der Waals surface area (Å²) in [7, 11) is 1.27. The highest BCUT2D eigenvalue weighted by molar-refractivity contribution is 7.17. The number of hydrazone groups is 1. The van der Waals surface area contributed by atoms with Crippen LogP contribution in [0.15, 0.2) is 53.6 Å². The number of thiophene rings is 1. The van der Waals surface area contributed by atoms with Crippen LogP contribution in [0, 0.1) is 0 Å². The van der Waals surface area contributed by atoms with E-state index in [1.807, 2.05) is 0 Å². The number of nitrogens with one attached hydrogen (secondary N) is 2. The first-order valence-corrected chi connectivity index (χ1v) is 12.0. The minimum Gasteiger partial charge on any atom is -0.465 e. The summed E-state index contributed by atoms with van der Waals surface area (Å²) in [6, 6.07) is 12.7. The highest BCUT2D eigenvalue weighted by atomic mass is 35.5. The number of fused-ring (bicyclic) bond motifs is 1. The van der Waals surface area contributed by atoms with Gasteiger partial charge in [-0.1, -0.05) is 11.6 Å². The molecule has 1 aromatic heterocycles. The smallest absolute Gasteiger partial charge is 0.343 e. The van der Waals surface area contributed by atoms with Gasteiger partial charge in [0.15, 0.2) is 0 Å². The average Bonchev–Trinajstić information content (AvgIpc) is 3.46. The monoisotopic (exact) mass is 525 g/mol. The van der Waals surface area contributed by atoms with Gasteiger partial charge in [-0.25, -0.2) is 15.0 Å². The second-order valence-corrected chi connectivity index (χ2v) is 9.21. The second kappa shape index (κ2) is 11.1. The van der Waals surface area contributed by atoms with Crippen molar-refractivity contribution >= 4 is 57.9 Å². The lowest BCUT2D eigenvalue weighted by atomic mass is 10.1. The van der Waals surface area contributed by atoms with Gasteiger partial charge in [-0.05, 0) is 78.9 Å². The zero-order chi connectivity index (χ0) is 25.7. The Balaban J connectivity index is 1.31. The summed E-state index contributed by atoms with van der Waals surface area (Å²) in [5, 5.41) is 7.07. The number of aryl methyl sites for hydroxylation is 1. The summed E-state index contributed by atoms with van der Waals surface area (Å²) >= 11 is 7.09. The van der Waals surface area contributed by atoms with E-state index in [0.29, 0.717) is 32.5 Å². The molecule has 0 saturated heterocycles. The van der Waals surface area contributed by atoms with Crippen LogP contribution in [0.2, 0.25) is 5.02 Å². The molecule has 36 heavy (non-hydrogen) atoms. The molecule has 0 spiro atoms. The van der Waals surface area contributed by atoms with Crippen LogP contribution in [0.1, 0.15) is 43.1 Å². The zero-order valence-corrected chi connectivity index (χ0v) is 20.6. The Kier molecular flexibility index (Phi) is 7.77. The molecule has 2 N–H and O–H groups in total. The van der Waals surface area contributed by atoms with Crippen molar-refractivity contribution in [2.45, 2.75) is 19.3 Å². The molecule has 9 nitrogen and oxygen atoms in total. The van der Waals surface area contributed by atoms with Crippen molar-refractivity contribution < 1.29 is 28.7 Å². The molecule has 0 aliphatic heterocycles. The molecule has 0 radical (unpaired) electrons. The Morgan fingerprint density at radius 2 is 1.69 bits per heavy atom. The number of ether oxygens (including phenoxy) is 2. The first-order valence-electron chi connectivity index (χ1n) is 10.8. The highest BCUT2D eigenvalue weighted by Gasteiger charge is 2.29. The summed E-state index contributed by atoms with van der Waals surface area (Å²) in [6.45, 7) is 0. The number of benzene rings is 2. The van der Waals surface area contributed by atoms with Gasteiger partial charge in [0.1, 0.15) is 10.8 Å². The van der Waals surface area contributed by atoms with Crippen LogP contribution in [0.25, 0.3) is 0 Å². The van der Waals surface area contributed by atoms with Gasteiger partial charge in [-0.15, -0.1) is 11.3 Å². The molecular weight excluding hydrogens is 506 g/mol. The summed E-state index contributed by atoms with van der Waals surface area (Å²) in [5.74, 6) is -2.71. The molecule has 3 aromatic rings. The number of esters is 2. The number of hydrogen-bond acceptors (Lipinski definition) is 8. The number of methoxy groups -OCH3 is 1. The van der Waals surface area contributed by atoms with Crippen LogP contribution >= 0.6 is 22.9 Å². The van der Waals surface area contributed by atoms with Crippen LogP contribution in [-0.2, 0) is 27.2 Å². The third-order valence-electron chi connectivity index (χ3n) is 5.29. The standard InChI is InChI=1S/C25H20ClN3O6S/c1-34-25(33)20-18-3-2-4-19(18)36-23(20)28-21(30)22(31)29-27-13-14-5-11-17(12-6-14)35-24(32)15-7-9-16(26)10-8-15/h5-13H,2-4H2,1H3,(H,28,30)(H,29,31). The molecule has 1 aliphatic rings. The Labute approximate surface area is 215 Å². The Morgan fingerprint density at radius 1 is 0.972 bits per heavy atom. The van der Waals surface area contributed by atoms with Crippen LogP contribution in [-0.4, -0.2) is 37.1 Å². The number of nitrogens with zero attached hydrogens (tertiary/aromatic N) is 1. The Hall–Kier alpha value is -4.02. The summed E-state index contributed by atoms with van der Waals surface area (Å²) in [5.41, 5.74) is 4.26. The predicted octanol–water partition coefficient (Wildman–Crippen LogP) is 3.98. The topological polar surface area (TPSA) is 123 Å². The number of carbonyl (C=O) groups is 4. The van der Waals surface area contributed by atoms with Gasteiger partial charge in [0.25, 0.3) is 0 Å². The van der Waals surface area contributed by atoms with Gasteiger partial charge in [0, 0.05) is 9.90 Å². The second-order valence-electron chi connectivity index (χ2n) is 7.67. The molecule has 0 atom stereocenters. The first-order chi connectivity index (χ1) is 17.4. The van der Waals surface area contributed by atoms with E-state index in [1.165, 1.54) is 24.7 Å². The molecule has 1 heterocycles. The number of anilines is 1. The summed E-state index contributed by atoms with van der Waals surface area (Å²) < 4.78 is 10.1. The van der Waals surface area contributed by atoms with Crippen LogP contribution in [0.4, 0.5) is 5.00 Å². The van der Waals surface area contributed by atoms with Crippen molar-refractivity contribution in [2.24, 2.45) is 5.10 Å². The molecule has 0 saturated carbocycles. The van der Waals surface area contributed by atoms with E-state index >= 15 is 0 Å². The van der Waals surface area contributed by atoms with Gasteiger partial charge in [-0.2, -0.15) is 5.10 Å². The van der Waals surface area contributed by atoms with Gasteiger partial charge < -0.3 is 14.8 Å². The maximum Gasteiger partial charge on any atom is 0.343 e. The maximum atomic E-state index is 12.3. The van der Waals surface area contributed by atoms with Gasteiger partial charge in [0.05, 0.1) is 24.5 Å². The van der Waals surface area contributed by atoms with E-state index in [9.17, 15) is 19.2 Å². The minimum atomic E-state index is -0.996. The normalized spacial score (nSPS) is 12.2. The number of halogens is 1. The number of rotatable bonds is 6. The molecule has 2 amide bonds. The minimum absolute atomic E-state index is 0.291. The van der Waals surface area contributed by atoms with Crippen LogP contribution in [0.5, 0.6) is 5.75 Å². The van der Waals surface area contributed by atoms with Crippen molar-refractivity contribution in [1.82, 2.24) is 5.43 Å². The number of carbonyl (C=O) groups excluding carboxylic acids is 4. The summed E-state index contributed by atoms with van der Waals surface area (Å²) in [6.07, 6.45) is 3.80. The van der Waals surface area contributed by atoms with E-state index in [4.69, 9.17) is 21.1 Å². The first kappa shape index (κ1) is 25.1. The zero-order valence-electron chi connectivity index (χ0n) is 19.0. The van der Waals surface area contributed by atoms with Crippen LogP contribution in [0.3, 0.4) is 0 Å². The van der Waals surface area contributed by atoms with E-state index in [2.05, 4.69) is 15.8 Å². The molecule has 0 fully saturated rings. The van der Waals surface area contributed by atoms with Gasteiger partial charge in [0.2, 0.25) is 0 Å². The van der Waals surface area contributed by atoms with Gasteiger partial charge >= 0.3 is 23.8 Å². The fourth-order valence-corrected chi connectivity index (χ4v) is 4.96. The van der Waals surface area contributed by atoms with Crippen molar-refractivity contribution in [3.05, 3.63) is 80.7 Å². The SMILES string of the molecule is COC(=O)c1c(NC(=O)C(=O)NN=Cc2ccc(OC(=O)c3ccc(Cl)cc3)cc2)sc2c1CCC2. The van der Waals surface area contributed by atoms with E-state index < -0.39 is 23.8 Å². The van der Waals surface area contributed by atoms with Crippen molar-refractivity contribution in [3.8, 4) is 5.75 Å². The van der Waals surface area contributed by atoms with Crippen LogP contribution < -0.4 is 15.5 Å². The van der Waals surface area contributed by atoms with Gasteiger partial charge in [-0.3, -0.25) is 9.59 Å². The lowest BCUT2D eigenvalue weighted by Gasteiger charge is -2.06. The van der Waals surface area contributed by atoms with E-state index in [-0.39, 0.29) is 0 Å². The molecule has 11 heteroatoms. The van der Waals surface area contributed by atoms with Crippen molar-refractivity contribution in [3.63, 3.8) is 0 Å². The van der Waals surface area contributed by atoms with Crippen molar-refractivity contribution in [1.29, 1.82) is 0 Å². The Bertz CT molecular complexity index is 1350. The molecular formula is C25H20ClN3O6S. The molecule has 0 bridgehead atoms. The molecule has 184 valence electrons. The highest BCUT2D eigenvalue weighted by Crippen LogP contribution is 2.39. The fraction of sp³-hybridized carbons (Fsp3) is 0.160. The third-order valence-corrected chi connectivity index (χ3v) is 6.75. The van der Waals surface area contributed by atoms with E-state index in [0.717, 1.165) is 29.7 Å². The largest absolute Gasteiger partial charge is 0.465 e.